The van der Waals surface area contributed by atoms with Gasteiger partial charge in [-0.05, 0) is 83.8 Å². The number of likely N-dealkylation sites (tertiary alicyclic amines) is 1. The molecule has 0 radical (unpaired) electrons. The highest BCUT2D eigenvalue weighted by atomic mass is 35.5. The summed E-state index contributed by atoms with van der Waals surface area (Å²) in [6.45, 7) is 5.46. The van der Waals surface area contributed by atoms with E-state index in [1.54, 1.807) is 6.07 Å². The molecule has 4 aromatic rings. The molecule has 2 unspecified atom stereocenters. The molecule has 2 atom stereocenters. The number of rotatable bonds is 9. The van der Waals surface area contributed by atoms with Crippen LogP contribution in [-0.2, 0) is 0 Å². The summed E-state index contributed by atoms with van der Waals surface area (Å²) in [7, 11) is 4.07. The van der Waals surface area contributed by atoms with Crippen molar-refractivity contribution in [3.63, 3.8) is 0 Å². The number of likely N-dealkylation sites (N-methyl/N-ethyl adjacent to an activating group) is 1. The van der Waals surface area contributed by atoms with Gasteiger partial charge in [-0.1, -0.05) is 17.7 Å². The van der Waals surface area contributed by atoms with Gasteiger partial charge in [-0.15, -0.1) is 11.3 Å². The number of piperidine rings is 1. The molecule has 6 rings (SSSR count). The van der Waals surface area contributed by atoms with Crippen LogP contribution in [0.25, 0.3) is 32.1 Å². The fourth-order valence-electron chi connectivity index (χ4n) is 6.64. The minimum absolute atomic E-state index is 0.0306. The van der Waals surface area contributed by atoms with Crippen molar-refractivity contribution in [3.05, 3.63) is 40.4 Å². The van der Waals surface area contributed by atoms with Crippen molar-refractivity contribution >= 4 is 54.7 Å². The van der Waals surface area contributed by atoms with Crippen molar-refractivity contribution in [2.45, 2.75) is 57.1 Å². The molecule has 1 spiro atoms. The Balaban J connectivity index is 1.50. The van der Waals surface area contributed by atoms with Crippen LogP contribution in [0.5, 0.6) is 6.01 Å². The Labute approximate surface area is 264 Å². The van der Waals surface area contributed by atoms with E-state index in [4.69, 9.17) is 27.1 Å². The highest BCUT2D eigenvalue weighted by Gasteiger charge is 2.45. The lowest BCUT2D eigenvalue weighted by molar-refractivity contribution is -0.000598. The number of hydrogen-bond acceptors (Lipinski definition) is 9. The predicted molar refractivity (Wildman–Crippen MR) is 174 cm³/mol. The third kappa shape index (κ3) is 5.32. The number of nitrogens with one attached hydrogen (secondary N) is 1. The largest absolute Gasteiger partial charge is 0.460 e. The summed E-state index contributed by atoms with van der Waals surface area (Å²) in [4.78, 5) is 14.0. The van der Waals surface area contributed by atoms with Gasteiger partial charge in [0.15, 0.2) is 5.82 Å². The third-order valence-electron chi connectivity index (χ3n) is 9.21. The van der Waals surface area contributed by atoms with Crippen molar-refractivity contribution < 1.29 is 13.5 Å². The fraction of sp³-hybridized carbons (Fsp3) is 0.469. The Bertz CT molecular complexity index is 1780. The molecule has 0 aliphatic carbocycles. The van der Waals surface area contributed by atoms with Gasteiger partial charge in [0, 0.05) is 41.5 Å². The van der Waals surface area contributed by atoms with Gasteiger partial charge in [-0.25, -0.2) is 8.78 Å². The number of ether oxygens (including phenoxy) is 1. The minimum Gasteiger partial charge on any atom is -0.460 e. The Morgan fingerprint density at radius 2 is 2.07 bits per heavy atom. The Morgan fingerprint density at radius 1 is 1.25 bits per heavy atom. The monoisotopic (exact) mass is 639 g/mol. The number of halogens is 3. The average Bonchev–Trinajstić information content (AvgIpc) is 3.36. The van der Waals surface area contributed by atoms with E-state index in [9.17, 15) is 9.65 Å². The van der Waals surface area contributed by atoms with E-state index in [1.165, 1.54) is 12.1 Å². The second-order valence-corrected chi connectivity index (χ2v) is 13.4. The van der Waals surface area contributed by atoms with Crippen LogP contribution in [0.3, 0.4) is 0 Å². The fourth-order valence-corrected chi connectivity index (χ4v) is 7.89. The van der Waals surface area contributed by atoms with E-state index in [-0.39, 0.29) is 60.0 Å². The first-order chi connectivity index (χ1) is 21.2. The standard InChI is InChI=1S/C32H36ClF2N7OS/c1-18(7-4-5-12-38-2)43-31-39-27-20(30(40-31)42-13-6-10-32(17-42)11-14-41(32)3)15-22(33)25(26(27)35)19-8-9-23(34)28-24(19)21(16-36)29(37)44-28/h8-9,15,18,38H,4-7,10-14,17,37H2,1-3H3. The van der Waals surface area contributed by atoms with Gasteiger partial charge in [0.25, 0.3) is 0 Å². The number of hydrogen-bond donors (Lipinski definition) is 2. The first-order valence-corrected chi connectivity index (χ1v) is 16.2. The zero-order valence-corrected chi connectivity index (χ0v) is 26.7. The van der Waals surface area contributed by atoms with Gasteiger partial charge in [0.1, 0.15) is 28.2 Å². The molecular weight excluding hydrogens is 604 g/mol. The van der Waals surface area contributed by atoms with E-state index in [0.717, 1.165) is 76.0 Å². The van der Waals surface area contributed by atoms with Crippen molar-refractivity contribution in [3.8, 4) is 23.2 Å². The number of nitrogens with two attached hydrogens (primary N) is 1. The minimum atomic E-state index is -0.684. The van der Waals surface area contributed by atoms with Gasteiger partial charge in [0.2, 0.25) is 0 Å². The maximum absolute atomic E-state index is 16.9. The summed E-state index contributed by atoms with van der Waals surface area (Å²) < 4.78 is 38.1. The zero-order valence-electron chi connectivity index (χ0n) is 25.1. The second kappa shape index (κ2) is 12.2. The van der Waals surface area contributed by atoms with Gasteiger partial charge >= 0.3 is 6.01 Å². The molecule has 2 aromatic heterocycles. The van der Waals surface area contributed by atoms with Crippen molar-refractivity contribution in [1.29, 1.82) is 5.26 Å². The first-order valence-electron chi connectivity index (χ1n) is 15.1. The summed E-state index contributed by atoms with van der Waals surface area (Å²) in [6, 6.07) is 6.52. The Morgan fingerprint density at radius 3 is 2.77 bits per heavy atom. The highest BCUT2D eigenvalue weighted by molar-refractivity contribution is 7.23. The van der Waals surface area contributed by atoms with Crippen LogP contribution in [0.15, 0.2) is 18.2 Å². The van der Waals surface area contributed by atoms with Gasteiger partial charge in [-0.2, -0.15) is 15.2 Å². The summed E-state index contributed by atoms with van der Waals surface area (Å²) in [6.07, 6.45) is 5.77. The molecule has 12 heteroatoms. The number of benzene rings is 2. The van der Waals surface area contributed by atoms with Crippen LogP contribution < -0.4 is 20.7 Å². The van der Waals surface area contributed by atoms with Crippen LogP contribution in [0.2, 0.25) is 5.02 Å². The summed E-state index contributed by atoms with van der Waals surface area (Å²) in [5.41, 5.74) is 6.60. The quantitative estimate of drug-likeness (QED) is 0.194. The molecule has 3 N–H and O–H groups in total. The molecule has 2 saturated heterocycles. The number of fused-ring (bicyclic) bond motifs is 2. The zero-order chi connectivity index (χ0) is 31.2. The van der Waals surface area contributed by atoms with Crippen molar-refractivity contribution in [2.24, 2.45) is 0 Å². The van der Waals surface area contributed by atoms with Crippen molar-refractivity contribution in [1.82, 2.24) is 20.2 Å². The lowest BCUT2D eigenvalue weighted by Crippen LogP contribution is -2.65. The highest BCUT2D eigenvalue weighted by Crippen LogP contribution is 2.46. The maximum Gasteiger partial charge on any atom is 0.319 e. The number of thiophene rings is 1. The van der Waals surface area contributed by atoms with E-state index >= 15 is 4.39 Å². The molecule has 4 heterocycles. The van der Waals surface area contributed by atoms with Crippen LogP contribution in [0.4, 0.5) is 19.6 Å². The SMILES string of the molecule is CNCCCCC(C)Oc1nc(N2CCCC3(CCN3C)C2)c2cc(Cl)c(-c3ccc(F)c4sc(N)c(C#N)c34)c(F)c2n1. The molecule has 2 aromatic carbocycles. The summed E-state index contributed by atoms with van der Waals surface area (Å²) in [5, 5.41) is 14.0. The van der Waals surface area contributed by atoms with E-state index in [0.29, 0.717) is 11.2 Å². The lowest BCUT2D eigenvalue weighted by atomic mass is 9.78. The Hall–Kier alpha value is -3.30. The number of nitrogens with zero attached hydrogens (tertiary/aromatic N) is 5. The van der Waals surface area contributed by atoms with Crippen LogP contribution in [-0.4, -0.2) is 66.8 Å². The average molecular weight is 640 g/mol. The molecule has 2 aliphatic rings. The van der Waals surface area contributed by atoms with Gasteiger partial charge in [0.05, 0.1) is 21.4 Å². The molecule has 2 aliphatic heterocycles. The van der Waals surface area contributed by atoms with E-state index in [2.05, 4.69) is 33.2 Å². The van der Waals surface area contributed by atoms with Crippen LogP contribution in [0.1, 0.15) is 51.0 Å². The lowest BCUT2D eigenvalue weighted by Gasteiger charge is -2.56. The second-order valence-electron chi connectivity index (χ2n) is 12.0. The molecule has 44 heavy (non-hydrogen) atoms. The number of nitriles is 1. The van der Waals surface area contributed by atoms with Gasteiger partial charge in [-0.3, -0.25) is 4.90 Å². The number of anilines is 2. The number of aromatic nitrogens is 2. The first kappa shape index (κ1) is 30.7. The number of unbranched alkanes of at least 4 members (excludes halogenated alkanes) is 1. The topological polar surface area (TPSA) is 103 Å². The predicted octanol–water partition coefficient (Wildman–Crippen LogP) is 6.73. The van der Waals surface area contributed by atoms with Gasteiger partial charge < -0.3 is 20.7 Å². The molecule has 8 nitrogen and oxygen atoms in total. The molecular formula is C32H36ClF2N7OS. The Kier molecular flexibility index (Phi) is 8.54. The molecule has 2 fully saturated rings. The van der Waals surface area contributed by atoms with Crippen molar-refractivity contribution in [2.75, 3.05) is 50.9 Å². The summed E-state index contributed by atoms with van der Waals surface area (Å²) >= 11 is 7.81. The van der Waals surface area contributed by atoms with Crippen LogP contribution >= 0.6 is 22.9 Å². The molecule has 0 bridgehead atoms. The van der Waals surface area contributed by atoms with Crippen LogP contribution in [0, 0.1) is 23.0 Å². The normalized spacial score (nSPS) is 19.4. The smallest absolute Gasteiger partial charge is 0.319 e. The summed E-state index contributed by atoms with van der Waals surface area (Å²) in [5.74, 6) is -0.638. The molecule has 0 saturated carbocycles. The van der Waals surface area contributed by atoms with E-state index < -0.39 is 11.6 Å². The molecule has 0 amide bonds. The third-order valence-corrected chi connectivity index (χ3v) is 10.5. The number of nitrogen functional groups attached to an aromatic ring is 1. The maximum atomic E-state index is 16.9. The molecule has 232 valence electrons. The van der Waals surface area contributed by atoms with E-state index in [1.807, 2.05) is 14.0 Å².